The van der Waals surface area contributed by atoms with Crippen molar-refractivity contribution in [2.24, 2.45) is 0 Å². The molecule has 0 saturated carbocycles. The zero-order valence-electron chi connectivity index (χ0n) is 15.9. The van der Waals surface area contributed by atoms with Gasteiger partial charge < -0.3 is 10.1 Å². The number of hydrogen-bond acceptors (Lipinski definition) is 3. The first kappa shape index (κ1) is 20.6. The summed E-state index contributed by atoms with van der Waals surface area (Å²) in [6.07, 6.45) is 0. The summed E-state index contributed by atoms with van der Waals surface area (Å²) in [6, 6.07) is 25.1. The van der Waals surface area contributed by atoms with Crippen molar-refractivity contribution in [3.63, 3.8) is 0 Å². The van der Waals surface area contributed by atoms with Crippen molar-refractivity contribution in [3.05, 3.63) is 93.4 Å². The van der Waals surface area contributed by atoms with Gasteiger partial charge in [0.2, 0.25) is 0 Å². The molecule has 1 amide bonds. The van der Waals surface area contributed by atoms with E-state index in [2.05, 4.69) is 37.2 Å². The van der Waals surface area contributed by atoms with Gasteiger partial charge in [-0.15, -0.1) is 0 Å². The number of rotatable bonds is 6. The zero-order chi connectivity index (χ0) is 20.9. The molecule has 0 spiro atoms. The van der Waals surface area contributed by atoms with E-state index in [-0.39, 0.29) is 5.91 Å². The highest BCUT2D eigenvalue weighted by atomic mass is 79.9. The van der Waals surface area contributed by atoms with E-state index in [1.165, 1.54) is 0 Å². The quantitative estimate of drug-likeness (QED) is 0.303. The van der Waals surface area contributed by atoms with Crippen LogP contribution in [0.1, 0.15) is 10.4 Å². The van der Waals surface area contributed by atoms with E-state index in [4.69, 9.17) is 9.72 Å². The first-order valence-electron chi connectivity index (χ1n) is 9.43. The van der Waals surface area contributed by atoms with Crippen molar-refractivity contribution in [2.75, 3.05) is 13.2 Å². The average Bonchev–Trinajstić information content (AvgIpc) is 2.77. The Balaban J connectivity index is 1.62. The summed E-state index contributed by atoms with van der Waals surface area (Å²) in [6.45, 7) is 0.783. The second kappa shape index (κ2) is 9.41. The highest BCUT2D eigenvalue weighted by Crippen LogP contribution is 2.32. The van der Waals surface area contributed by atoms with Crippen LogP contribution >= 0.6 is 31.9 Å². The number of benzene rings is 3. The third-order valence-electron chi connectivity index (χ3n) is 4.55. The highest BCUT2D eigenvalue weighted by Gasteiger charge is 2.16. The predicted molar refractivity (Wildman–Crippen MR) is 127 cm³/mol. The third kappa shape index (κ3) is 4.71. The van der Waals surface area contributed by atoms with Gasteiger partial charge in [-0.05, 0) is 46.3 Å². The topological polar surface area (TPSA) is 51.2 Å². The normalized spacial score (nSPS) is 10.7. The molecular formula is C24H18Br2N2O2. The molecule has 1 heterocycles. The Morgan fingerprint density at radius 3 is 2.37 bits per heavy atom. The molecule has 0 bridgehead atoms. The van der Waals surface area contributed by atoms with Crippen LogP contribution in [-0.4, -0.2) is 24.0 Å². The molecular weight excluding hydrogens is 508 g/mol. The summed E-state index contributed by atoms with van der Waals surface area (Å²) in [7, 11) is 0. The van der Waals surface area contributed by atoms with Crippen LogP contribution in [0.25, 0.3) is 22.2 Å². The number of amides is 1. The number of nitrogens with zero attached hydrogens (tertiary/aromatic N) is 1. The minimum atomic E-state index is -0.166. The van der Waals surface area contributed by atoms with Crippen molar-refractivity contribution in [1.82, 2.24) is 10.3 Å². The van der Waals surface area contributed by atoms with E-state index < -0.39 is 0 Å². The lowest BCUT2D eigenvalue weighted by atomic mass is 10.0. The first-order valence-corrected chi connectivity index (χ1v) is 11.0. The molecule has 150 valence electrons. The van der Waals surface area contributed by atoms with Crippen LogP contribution in [0.15, 0.2) is 87.8 Å². The lowest BCUT2D eigenvalue weighted by Crippen LogP contribution is -2.28. The third-order valence-corrected chi connectivity index (χ3v) is 5.61. The summed E-state index contributed by atoms with van der Waals surface area (Å²) in [4.78, 5) is 17.8. The van der Waals surface area contributed by atoms with Gasteiger partial charge in [-0.25, -0.2) is 4.98 Å². The molecule has 0 atom stereocenters. The van der Waals surface area contributed by atoms with Gasteiger partial charge in [-0.2, -0.15) is 0 Å². The summed E-state index contributed by atoms with van der Waals surface area (Å²) in [5.41, 5.74) is 3.01. The number of nitrogens with one attached hydrogen (secondary N) is 1. The number of aromatic nitrogens is 1. The van der Waals surface area contributed by atoms with Gasteiger partial charge >= 0.3 is 0 Å². The SMILES string of the molecule is O=C(NCCOc1ccccc1)c1cc(-c2ccccc2)nc2c(Br)cc(Br)cc12. The Hall–Kier alpha value is -2.70. The molecule has 0 aliphatic heterocycles. The number of fused-ring (bicyclic) bond motifs is 1. The minimum absolute atomic E-state index is 0.166. The Labute approximate surface area is 191 Å². The summed E-state index contributed by atoms with van der Waals surface area (Å²) >= 11 is 7.09. The lowest BCUT2D eigenvalue weighted by molar-refractivity contribution is 0.0948. The van der Waals surface area contributed by atoms with E-state index in [9.17, 15) is 4.79 Å². The Bertz CT molecular complexity index is 1180. The Morgan fingerprint density at radius 2 is 1.63 bits per heavy atom. The molecule has 4 nitrogen and oxygen atoms in total. The molecule has 6 heteroatoms. The lowest BCUT2D eigenvalue weighted by Gasteiger charge is -2.12. The van der Waals surface area contributed by atoms with Crippen molar-refractivity contribution >= 4 is 48.7 Å². The molecule has 4 rings (SSSR count). The maximum atomic E-state index is 13.1. The standard InChI is InChI=1S/C24H18Br2N2O2/c25-17-13-19-20(24(29)27-11-12-30-18-9-5-2-6-10-18)15-22(16-7-3-1-4-8-16)28-23(19)21(26)14-17/h1-10,13-15H,11-12H2,(H,27,29). The maximum absolute atomic E-state index is 13.1. The summed E-state index contributed by atoms with van der Waals surface area (Å²) in [5.74, 6) is 0.613. The Kier molecular flexibility index (Phi) is 6.45. The van der Waals surface area contributed by atoms with Gasteiger partial charge in [-0.3, -0.25) is 4.79 Å². The van der Waals surface area contributed by atoms with Crippen molar-refractivity contribution in [1.29, 1.82) is 0 Å². The fourth-order valence-electron chi connectivity index (χ4n) is 3.14. The van der Waals surface area contributed by atoms with E-state index in [0.717, 1.165) is 36.9 Å². The number of para-hydroxylation sites is 1. The van der Waals surface area contributed by atoms with Crippen LogP contribution in [-0.2, 0) is 0 Å². The number of pyridine rings is 1. The predicted octanol–water partition coefficient (Wildman–Crippen LogP) is 6.24. The summed E-state index contributed by atoms with van der Waals surface area (Å²) < 4.78 is 7.37. The molecule has 1 N–H and O–H groups in total. The number of hydrogen-bond donors (Lipinski definition) is 1. The monoisotopic (exact) mass is 524 g/mol. The van der Waals surface area contributed by atoms with E-state index in [0.29, 0.717) is 18.7 Å². The number of ether oxygens (including phenoxy) is 1. The van der Waals surface area contributed by atoms with E-state index in [1.54, 1.807) is 0 Å². The van der Waals surface area contributed by atoms with Gasteiger partial charge in [0, 0.05) is 19.9 Å². The molecule has 0 aliphatic carbocycles. The van der Waals surface area contributed by atoms with Crippen LogP contribution in [0.4, 0.5) is 0 Å². The minimum Gasteiger partial charge on any atom is -0.492 e. The highest BCUT2D eigenvalue weighted by molar-refractivity contribution is 9.11. The van der Waals surface area contributed by atoms with Crippen molar-refractivity contribution < 1.29 is 9.53 Å². The molecule has 1 aromatic heterocycles. The molecule has 0 unspecified atom stereocenters. The molecule has 0 radical (unpaired) electrons. The van der Waals surface area contributed by atoms with Crippen LogP contribution in [0.5, 0.6) is 5.75 Å². The average molecular weight is 526 g/mol. The number of carbonyl (C=O) groups is 1. The second-order valence-electron chi connectivity index (χ2n) is 6.62. The van der Waals surface area contributed by atoms with Gasteiger partial charge in [0.05, 0.1) is 23.3 Å². The van der Waals surface area contributed by atoms with Crippen LogP contribution in [0.2, 0.25) is 0 Å². The van der Waals surface area contributed by atoms with E-state index in [1.807, 2.05) is 78.9 Å². The van der Waals surface area contributed by atoms with Crippen LogP contribution < -0.4 is 10.1 Å². The van der Waals surface area contributed by atoms with Gasteiger partial charge in [0.25, 0.3) is 5.91 Å². The van der Waals surface area contributed by atoms with Crippen molar-refractivity contribution in [2.45, 2.75) is 0 Å². The van der Waals surface area contributed by atoms with Crippen molar-refractivity contribution in [3.8, 4) is 17.0 Å². The second-order valence-corrected chi connectivity index (χ2v) is 8.39. The van der Waals surface area contributed by atoms with Gasteiger partial charge in [0.15, 0.2) is 0 Å². The zero-order valence-corrected chi connectivity index (χ0v) is 19.1. The molecule has 30 heavy (non-hydrogen) atoms. The number of halogens is 2. The van der Waals surface area contributed by atoms with Gasteiger partial charge in [-0.1, -0.05) is 64.5 Å². The molecule has 0 saturated heterocycles. The first-order chi connectivity index (χ1) is 14.6. The maximum Gasteiger partial charge on any atom is 0.252 e. The smallest absolute Gasteiger partial charge is 0.252 e. The molecule has 0 aliphatic rings. The molecule has 3 aromatic carbocycles. The molecule has 4 aromatic rings. The number of carbonyl (C=O) groups excluding carboxylic acids is 1. The van der Waals surface area contributed by atoms with E-state index >= 15 is 0 Å². The largest absolute Gasteiger partial charge is 0.492 e. The Morgan fingerprint density at radius 1 is 0.933 bits per heavy atom. The summed E-state index contributed by atoms with van der Waals surface area (Å²) in [5, 5.41) is 3.73. The van der Waals surface area contributed by atoms with Crippen LogP contribution in [0, 0.1) is 0 Å². The fourth-order valence-corrected chi connectivity index (χ4v) is 4.46. The molecule has 0 fully saturated rings. The fraction of sp³-hybridized carbons (Fsp3) is 0.0833. The van der Waals surface area contributed by atoms with Crippen LogP contribution in [0.3, 0.4) is 0 Å². The van der Waals surface area contributed by atoms with Gasteiger partial charge in [0.1, 0.15) is 12.4 Å².